The van der Waals surface area contributed by atoms with Crippen LogP contribution in [0.5, 0.6) is 5.75 Å². The third-order valence-electron chi connectivity index (χ3n) is 5.08. The van der Waals surface area contributed by atoms with Crippen molar-refractivity contribution < 1.29 is 36.3 Å². The molecule has 0 bridgehead atoms. The molecule has 9 heteroatoms. The number of hydrogen-bond acceptors (Lipinski definition) is 4. The summed E-state index contributed by atoms with van der Waals surface area (Å²) in [4.78, 5) is 24.0. The molecule has 0 aliphatic rings. The van der Waals surface area contributed by atoms with E-state index in [1.54, 1.807) is 18.2 Å². The van der Waals surface area contributed by atoms with Crippen LogP contribution in [0.3, 0.4) is 0 Å². The fourth-order valence-corrected chi connectivity index (χ4v) is 3.56. The third-order valence-corrected chi connectivity index (χ3v) is 5.08. The molecule has 4 aromatic rings. The molecule has 34 heavy (non-hydrogen) atoms. The number of alkyl halides is 3. The Labute approximate surface area is 190 Å². The van der Waals surface area contributed by atoms with Crippen LogP contribution in [0.1, 0.15) is 20.7 Å². The summed E-state index contributed by atoms with van der Waals surface area (Å²) in [6.45, 7) is -1.55. The van der Waals surface area contributed by atoms with Crippen molar-refractivity contribution in [3.63, 3.8) is 0 Å². The van der Waals surface area contributed by atoms with Gasteiger partial charge in [-0.1, -0.05) is 18.2 Å². The molecule has 1 aromatic heterocycles. The van der Waals surface area contributed by atoms with Crippen molar-refractivity contribution in [1.82, 2.24) is 5.32 Å². The Morgan fingerprint density at radius 1 is 1.06 bits per heavy atom. The van der Waals surface area contributed by atoms with Crippen molar-refractivity contribution in [2.75, 3.05) is 13.7 Å². The smallest absolute Gasteiger partial charge is 0.422 e. The molecular formula is C25H17F4NO4. The van der Waals surface area contributed by atoms with Crippen LogP contribution in [0.4, 0.5) is 17.6 Å². The van der Waals surface area contributed by atoms with E-state index in [1.807, 2.05) is 0 Å². The second-order valence-electron chi connectivity index (χ2n) is 7.38. The monoisotopic (exact) mass is 471 g/mol. The molecule has 0 radical (unpaired) electrons. The lowest BCUT2D eigenvalue weighted by atomic mass is 9.98. The quantitative estimate of drug-likeness (QED) is 0.276. The Morgan fingerprint density at radius 2 is 1.79 bits per heavy atom. The van der Waals surface area contributed by atoms with Crippen LogP contribution in [-0.4, -0.2) is 32.0 Å². The molecule has 4 rings (SSSR count). The van der Waals surface area contributed by atoms with Crippen LogP contribution in [-0.2, 0) is 0 Å². The number of fused-ring (bicyclic) bond motifs is 1. The number of amides is 1. The number of halogens is 4. The highest BCUT2D eigenvalue weighted by atomic mass is 19.4. The summed E-state index contributed by atoms with van der Waals surface area (Å²) in [7, 11) is 1.42. The lowest BCUT2D eigenvalue weighted by Crippen LogP contribution is -2.19. The highest BCUT2D eigenvalue weighted by Crippen LogP contribution is 2.41. The van der Waals surface area contributed by atoms with Crippen molar-refractivity contribution in [2.45, 2.75) is 6.18 Å². The van der Waals surface area contributed by atoms with Gasteiger partial charge in [-0.25, -0.2) is 4.39 Å². The largest absolute Gasteiger partial charge is 0.483 e. The Hall–Kier alpha value is -4.14. The van der Waals surface area contributed by atoms with Crippen molar-refractivity contribution in [1.29, 1.82) is 0 Å². The molecule has 1 N–H and O–H groups in total. The van der Waals surface area contributed by atoms with Crippen molar-refractivity contribution in [3.8, 4) is 28.2 Å². The SMILES string of the molecule is CNC(=O)c1c(-c2ccc(F)cc2)oc2cc(OCC(F)(F)F)c(-c3cccc(C=O)c3)cc12. The van der Waals surface area contributed by atoms with Crippen molar-refractivity contribution >= 4 is 23.2 Å². The number of furan rings is 1. The topological polar surface area (TPSA) is 68.5 Å². The van der Waals surface area contributed by atoms with E-state index in [0.29, 0.717) is 28.4 Å². The van der Waals surface area contributed by atoms with Gasteiger partial charge in [-0.3, -0.25) is 9.59 Å². The van der Waals surface area contributed by atoms with E-state index in [0.717, 1.165) is 0 Å². The van der Waals surface area contributed by atoms with Gasteiger partial charge < -0.3 is 14.5 Å². The van der Waals surface area contributed by atoms with Crippen LogP contribution in [0.2, 0.25) is 0 Å². The van der Waals surface area contributed by atoms with Crippen LogP contribution in [0.15, 0.2) is 65.1 Å². The van der Waals surface area contributed by atoms with E-state index < -0.39 is 24.5 Å². The van der Waals surface area contributed by atoms with E-state index in [9.17, 15) is 27.2 Å². The summed E-state index contributed by atoms with van der Waals surface area (Å²) >= 11 is 0. The first kappa shape index (κ1) is 23.0. The van der Waals surface area contributed by atoms with E-state index in [-0.39, 0.29) is 28.2 Å². The Kier molecular flexibility index (Phi) is 6.10. The van der Waals surface area contributed by atoms with Crippen LogP contribution in [0.25, 0.3) is 33.4 Å². The summed E-state index contributed by atoms with van der Waals surface area (Å²) in [5, 5.41) is 2.83. The summed E-state index contributed by atoms with van der Waals surface area (Å²) in [5.74, 6) is -1.01. The van der Waals surface area contributed by atoms with Crippen LogP contribution >= 0.6 is 0 Å². The fourth-order valence-electron chi connectivity index (χ4n) is 3.56. The molecule has 0 aliphatic carbocycles. The summed E-state index contributed by atoms with van der Waals surface area (Å²) < 4.78 is 63.1. The first-order valence-electron chi connectivity index (χ1n) is 10.0. The van der Waals surface area contributed by atoms with Gasteiger partial charge in [-0.15, -0.1) is 0 Å². The van der Waals surface area contributed by atoms with E-state index in [1.165, 1.54) is 49.5 Å². The van der Waals surface area contributed by atoms with Crippen LogP contribution < -0.4 is 10.1 Å². The number of carbonyl (C=O) groups excluding carboxylic acids is 2. The second-order valence-corrected chi connectivity index (χ2v) is 7.38. The molecule has 0 aliphatic heterocycles. The molecule has 3 aromatic carbocycles. The predicted molar refractivity (Wildman–Crippen MR) is 117 cm³/mol. The standard InChI is InChI=1S/C25H17F4NO4/c1-30-24(32)22-19-10-18(16-4-2-3-14(9-16)12-31)20(33-13-25(27,28)29)11-21(19)34-23(22)15-5-7-17(26)8-6-15/h2-12H,13H2,1H3,(H,30,32). The average Bonchev–Trinajstić information content (AvgIpc) is 3.20. The molecule has 174 valence electrons. The number of carbonyl (C=O) groups is 2. The summed E-state index contributed by atoms with van der Waals surface area (Å²) in [5.41, 5.74) is 1.58. The molecule has 0 atom stereocenters. The predicted octanol–water partition coefficient (Wildman–Crippen LogP) is 6.02. The van der Waals surface area contributed by atoms with Gasteiger partial charge in [-0.05, 0) is 42.0 Å². The third kappa shape index (κ3) is 4.63. The minimum atomic E-state index is -4.59. The molecule has 0 unspecified atom stereocenters. The zero-order valence-corrected chi connectivity index (χ0v) is 17.7. The zero-order valence-electron chi connectivity index (χ0n) is 17.7. The van der Waals surface area contributed by atoms with Gasteiger partial charge in [0.05, 0.1) is 5.56 Å². The Bertz CT molecular complexity index is 1370. The lowest BCUT2D eigenvalue weighted by Gasteiger charge is -2.14. The van der Waals surface area contributed by atoms with Gasteiger partial charge in [0, 0.05) is 35.2 Å². The number of hydrogen-bond donors (Lipinski definition) is 1. The van der Waals surface area contributed by atoms with Gasteiger partial charge in [0.1, 0.15) is 29.2 Å². The van der Waals surface area contributed by atoms with Gasteiger partial charge in [0.25, 0.3) is 5.91 Å². The Morgan fingerprint density at radius 3 is 2.44 bits per heavy atom. The van der Waals surface area contributed by atoms with Gasteiger partial charge in [0.2, 0.25) is 0 Å². The zero-order chi connectivity index (χ0) is 24.5. The van der Waals surface area contributed by atoms with Crippen LogP contribution in [0, 0.1) is 5.82 Å². The average molecular weight is 471 g/mol. The lowest BCUT2D eigenvalue weighted by molar-refractivity contribution is -0.153. The second kappa shape index (κ2) is 9.01. The van der Waals surface area contributed by atoms with Crippen molar-refractivity contribution in [2.24, 2.45) is 0 Å². The number of rotatable bonds is 6. The highest BCUT2D eigenvalue weighted by Gasteiger charge is 2.30. The number of aldehydes is 1. The molecule has 0 saturated carbocycles. The molecule has 1 amide bonds. The van der Waals surface area contributed by atoms with Gasteiger partial charge >= 0.3 is 6.18 Å². The maximum atomic E-state index is 13.4. The number of nitrogens with one attached hydrogen (secondary N) is 1. The van der Waals surface area contributed by atoms with E-state index in [2.05, 4.69) is 5.32 Å². The van der Waals surface area contributed by atoms with Crippen molar-refractivity contribution in [3.05, 3.63) is 77.6 Å². The maximum absolute atomic E-state index is 13.4. The van der Waals surface area contributed by atoms with Gasteiger partial charge in [-0.2, -0.15) is 13.2 Å². The minimum Gasteiger partial charge on any atom is -0.483 e. The normalized spacial score (nSPS) is 11.4. The maximum Gasteiger partial charge on any atom is 0.422 e. The number of ether oxygens (including phenoxy) is 1. The van der Waals surface area contributed by atoms with Gasteiger partial charge in [0.15, 0.2) is 6.61 Å². The fraction of sp³-hybridized carbons (Fsp3) is 0.120. The van der Waals surface area contributed by atoms with E-state index >= 15 is 0 Å². The summed E-state index contributed by atoms with van der Waals surface area (Å²) in [6, 6.07) is 14.2. The van der Waals surface area contributed by atoms with E-state index in [4.69, 9.17) is 9.15 Å². The summed E-state index contributed by atoms with van der Waals surface area (Å²) in [6.07, 6.45) is -3.98. The number of benzene rings is 3. The first-order chi connectivity index (χ1) is 16.2. The molecule has 1 heterocycles. The molecular weight excluding hydrogens is 454 g/mol. The Balaban J connectivity index is 1.98. The molecule has 0 fully saturated rings. The molecule has 0 spiro atoms. The molecule has 0 saturated heterocycles. The first-order valence-corrected chi connectivity index (χ1v) is 10.0. The highest BCUT2D eigenvalue weighted by molar-refractivity contribution is 6.12. The molecule has 5 nitrogen and oxygen atoms in total. The minimum absolute atomic E-state index is 0.102.